The van der Waals surface area contributed by atoms with Gasteiger partial charge in [0.2, 0.25) is 5.91 Å². The maximum atomic E-state index is 12.9. The molecule has 0 atom stereocenters. The molecule has 1 aromatic heterocycles. The number of nitrogens with zero attached hydrogens (tertiary/aromatic N) is 2. The normalized spacial score (nSPS) is 16.1. The van der Waals surface area contributed by atoms with Gasteiger partial charge in [0.1, 0.15) is 23.1 Å². The fourth-order valence-corrected chi connectivity index (χ4v) is 5.07. The van der Waals surface area contributed by atoms with Crippen LogP contribution in [0.3, 0.4) is 0 Å². The second-order valence-corrected chi connectivity index (χ2v) is 9.78. The van der Waals surface area contributed by atoms with Gasteiger partial charge in [-0.25, -0.2) is 4.98 Å². The topological polar surface area (TPSA) is 92.8 Å². The van der Waals surface area contributed by atoms with E-state index in [2.05, 4.69) is 20.5 Å². The summed E-state index contributed by atoms with van der Waals surface area (Å²) < 4.78 is 11.3. The first kappa shape index (κ1) is 25.7. The molecule has 0 fully saturated rings. The Hall–Kier alpha value is -3.43. The van der Waals surface area contributed by atoms with E-state index in [9.17, 15) is 9.59 Å². The Bertz CT molecular complexity index is 1200. The van der Waals surface area contributed by atoms with E-state index in [1.807, 2.05) is 49.5 Å². The van der Waals surface area contributed by atoms with Crippen molar-refractivity contribution >= 4 is 23.2 Å². The van der Waals surface area contributed by atoms with Crippen LogP contribution in [0.1, 0.15) is 33.6 Å². The van der Waals surface area contributed by atoms with E-state index in [1.165, 1.54) is 0 Å². The highest BCUT2D eigenvalue weighted by molar-refractivity contribution is 7.15. The van der Waals surface area contributed by atoms with Crippen LogP contribution >= 0.6 is 11.3 Å². The minimum absolute atomic E-state index is 0.00278. The summed E-state index contributed by atoms with van der Waals surface area (Å²) in [5.74, 6) is 1.15. The van der Waals surface area contributed by atoms with Gasteiger partial charge in [-0.2, -0.15) is 0 Å². The molecule has 190 valence electrons. The summed E-state index contributed by atoms with van der Waals surface area (Å²) in [6.07, 6.45) is 3.05. The van der Waals surface area contributed by atoms with Crippen LogP contribution in [0.2, 0.25) is 0 Å². The molecule has 2 heterocycles. The maximum Gasteiger partial charge on any atom is 0.255 e. The number of aryl methyl sites for hydroxylation is 1. The van der Waals surface area contributed by atoms with Crippen LogP contribution in [0.4, 0.5) is 0 Å². The molecule has 0 saturated heterocycles. The van der Waals surface area contributed by atoms with Gasteiger partial charge in [-0.3, -0.25) is 14.5 Å². The van der Waals surface area contributed by atoms with Crippen molar-refractivity contribution in [2.24, 2.45) is 0 Å². The van der Waals surface area contributed by atoms with E-state index in [0.717, 1.165) is 39.7 Å². The highest BCUT2D eigenvalue weighted by Crippen LogP contribution is 2.33. The third-order valence-electron chi connectivity index (χ3n) is 5.92. The number of carbonyl (C=O) groups is 2. The van der Waals surface area contributed by atoms with Crippen LogP contribution in [-0.2, 0) is 11.3 Å². The minimum atomic E-state index is -0.163. The highest BCUT2D eigenvalue weighted by atomic mass is 32.1. The predicted octanol–water partition coefficient (Wildman–Crippen LogP) is 3.65. The van der Waals surface area contributed by atoms with Crippen LogP contribution in [0.25, 0.3) is 10.6 Å². The molecular formula is C27H32N4O4S. The van der Waals surface area contributed by atoms with Crippen LogP contribution < -0.4 is 20.1 Å². The Morgan fingerprint density at radius 3 is 2.81 bits per heavy atom. The smallest absolute Gasteiger partial charge is 0.255 e. The minimum Gasteiger partial charge on any atom is -0.496 e. The predicted molar refractivity (Wildman–Crippen MR) is 141 cm³/mol. The lowest BCUT2D eigenvalue weighted by molar-refractivity contribution is -0.121. The Morgan fingerprint density at radius 2 is 1.94 bits per heavy atom. The van der Waals surface area contributed by atoms with Gasteiger partial charge < -0.3 is 20.1 Å². The molecule has 0 radical (unpaired) electrons. The first-order chi connectivity index (χ1) is 17.5. The summed E-state index contributed by atoms with van der Waals surface area (Å²) in [4.78, 5) is 33.2. The zero-order chi connectivity index (χ0) is 25.3. The van der Waals surface area contributed by atoms with E-state index in [-0.39, 0.29) is 11.8 Å². The molecule has 2 aromatic carbocycles. The zero-order valence-electron chi connectivity index (χ0n) is 20.7. The molecule has 0 saturated carbocycles. The molecule has 4 rings (SSSR count). The molecule has 2 N–H and O–H groups in total. The highest BCUT2D eigenvalue weighted by Gasteiger charge is 2.16. The van der Waals surface area contributed by atoms with Crippen molar-refractivity contribution in [2.45, 2.75) is 26.3 Å². The lowest BCUT2D eigenvalue weighted by Gasteiger charge is -2.21. The quantitative estimate of drug-likeness (QED) is 0.559. The van der Waals surface area contributed by atoms with Crippen LogP contribution in [0.5, 0.6) is 11.5 Å². The largest absolute Gasteiger partial charge is 0.496 e. The number of fused-ring (bicyclic) bond motifs is 1. The Morgan fingerprint density at radius 1 is 1.08 bits per heavy atom. The van der Waals surface area contributed by atoms with Crippen LogP contribution in [0.15, 0.2) is 48.7 Å². The van der Waals surface area contributed by atoms with Crippen LogP contribution in [-0.4, -0.2) is 61.6 Å². The lowest BCUT2D eigenvalue weighted by atomic mass is 10.1. The number of aromatic nitrogens is 1. The number of rotatable bonds is 4. The number of thiazole rings is 1. The molecule has 0 spiro atoms. The average molecular weight is 509 g/mol. The standard InChI is InChI=1S/C27H32N4O4S/c1-19-9-10-24-22(16-19)26(33)29-11-14-31(13-5-8-25(32)28-12-15-35-24)18-20-17-30-27(36-20)21-6-3-4-7-23(21)34-2/h3-4,6-7,9-10,16-17H,5,8,11-15,18H2,1-2H3,(H,28,32)(H,29,33). The number of hydrogen-bond acceptors (Lipinski definition) is 7. The molecule has 36 heavy (non-hydrogen) atoms. The van der Waals surface area contributed by atoms with Crippen molar-refractivity contribution in [1.29, 1.82) is 0 Å². The van der Waals surface area contributed by atoms with Gasteiger partial charge in [0.05, 0.1) is 24.8 Å². The van der Waals surface area contributed by atoms with Gasteiger partial charge in [-0.05, 0) is 44.2 Å². The van der Waals surface area contributed by atoms with Gasteiger partial charge in [-0.1, -0.05) is 23.8 Å². The van der Waals surface area contributed by atoms with Gasteiger partial charge in [-0.15, -0.1) is 11.3 Å². The van der Waals surface area contributed by atoms with Gasteiger partial charge in [0.15, 0.2) is 0 Å². The molecule has 0 aliphatic carbocycles. The Labute approximate surface area is 215 Å². The number of carbonyl (C=O) groups excluding carboxylic acids is 2. The lowest BCUT2D eigenvalue weighted by Crippen LogP contribution is -2.35. The number of ether oxygens (including phenoxy) is 2. The zero-order valence-corrected chi connectivity index (χ0v) is 21.5. The first-order valence-corrected chi connectivity index (χ1v) is 12.9. The van der Waals surface area contributed by atoms with Crippen molar-refractivity contribution in [3.05, 3.63) is 64.7 Å². The Kier molecular flexibility index (Phi) is 8.91. The molecule has 1 aliphatic rings. The second kappa shape index (κ2) is 12.5. The molecule has 8 nitrogen and oxygen atoms in total. The summed E-state index contributed by atoms with van der Waals surface area (Å²) in [5, 5.41) is 6.84. The van der Waals surface area contributed by atoms with Crippen molar-refractivity contribution in [3.63, 3.8) is 0 Å². The summed E-state index contributed by atoms with van der Waals surface area (Å²) in [6, 6.07) is 13.4. The SMILES string of the molecule is COc1ccccc1-c1ncc(CN2CCCC(=O)NCCOc3ccc(C)cc3C(=O)NCC2)s1. The third-order valence-corrected chi connectivity index (χ3v) is 6.94. The number of hydrogen-bond donors (Lipinski definition) is 2. The third kappa shape index (κ3) is 6.83. The number of para-hydroxylation sites is 1. The maximum absolute atomic E-state index is 12.9. The fraction of sp³-hybridized carbons (Fsp3) is 0.370. The van der Waals surface area contributed by atoms with Crippen molar-refractivity contribution < 1.29 is 19.1 Å². The molecule has 9 heteroatoms. The Balaban J connectivity index is 1.47. The number of nitrogens with one attached hydrogen (secondary N) is 2. The van der Waals surface area contributed by atoms with Crippen molar-refractivity contribution in [2.75, 3.05) is 39.9 Å². The molecule has 1 aliphatic heterocycles. The monoisotopic (exact) mass is 508 g/mol. The summed E-state index contributed by atoms with van der Waals surface area (Å²) in [7, 11) is 1.66. The number of benzene rings is 2. The number of amides is 2. The summed E-state index contributed by atoms with van der Waals surface area (Å²) in [5.41, 5.74) is 2.46. The van der Waals surface area contributed by atoms with E-state index in [0.29, 0.717) is 50.5 Å². The fourth-order valence-electron chi connectivity index (χ4n) is 4.09. The molecular weight excluding hydrogens is 476 g/mol. The van der Waals surface area contributed by atoms with Crippen LogP contribution in [0, 0.1) is 6.92 Å². The van der Waals surface area contributed by atoms with Gasteiger partial charge in [0.25, 0.3) is 5.91 Å². The van der Waals surface area contributed by atoms with Gasteiger partial charge in [0, 0.05) is 37.1 Å². The molecule has 0 bridgehead atoms. The summed E-state index contributed by atoms with van der Waals surface area (Å²) >= 11 is 1.62. The molecule has 0 unspecified atom stereocenters. The first-order valence-electron chi connectivity index (χ1n) is 12.1. The van der Waals surface area contributed by atoms with E-state index >= 15 is 0 Å². The van der Waals surface area contributed by atoms with E-state index in [1.54, 1.807) is 24.5 Å². The van der Waals surface area contributed by atoms with Crippen molar-refractivity contribution in [1.82, 2.24) is 20.5 Å². The number of methoxy groups -OCH3 is 1. The van der Waals surface area contributed by atoms with E-state index in [4.69, 9.17) is 9.47 Å². The van der Waals surface area contributed by atoms with Gasteiger partial charge >= 0.3 is 0 Å². The van der Waals surface area contributed by atoms with E-state index < -0.39 is 0 Å². The van der Waals surface area contributed by atoms with Crippen molar-refractivity contribution in [3.8, 4) is 22.1 Å². The second-order valence-electron chi connectivity index (χ2n) is 8.67. The summed E-state index contributed by atoms with van der Waals surface area (Å²) in [6.45, 7) is 5.19. The molecule has 2 amide bonds. The molecule has 3 aromatic rings. The average Bonchev–Trinajstić information content (AvgIpc) is 3.34.